The van der Waals surface area contributed by atoms with Gasteiger partial charge in [0.25, 0.3) is 0 Å². The van der Waals surface area contributed by atoms with E-state index < -0.39 is 11.6 Å². The van der Waals surface area contributed by atoms with E-state index in [0.29, 0.717) is 11.8 Å². The lowest BCUT2D eigenvalue weighted by Gasteiger charge is -2.49. The summed E-state index contributed by atoms with van der Waals surface area (Å²) in [5.41, 5.74) is 0.706. The third-order valence-electron chi connectivity index (χ3n) is 4.40. The largest absolute Gasteiger partial charge is 0.316 e. The van der Waals surface area contributed by atoms with Crippen LogP contribution in [0.1, 0.15) is 39.2 Å². The summed E-state index contributed by atoms with van der Waals surface area (Å²) in [4.78, 5) is 0. The summed E-state index contributed by atoms with van der Waals surface area (Å²) < 4.78 is 26.9. The van der Waals surface area contributed by atoms with Crippen LogP contribution in [-0.2, 0) is 5.41 Å². The molecule has 0 aliphatic heterocycles. The van der Waals surface area contributed by atoms with Gasteiger partial charge in [0.05, 0.1) is 0 Å². The van der Waals surface area contributed by atoms with Gasteiger partial charge in [0, 0.05) is 18.0 Å². The third-order valence-corrected chi connectivity index (χ3v) is 4.40. The average Bonchev–Trinajstić information content (AvgIpc) is 2.31. The first-order valence-corrected chi connectivity index (χ1v) is 7.11. The summed E-state index contributed by atoms with van der Waals surface area (Å²) in [6, 6.07) is 3.94. The molecule has 0 spiro atoms. The first-order valence-electron chi connectivity index (χ1n) is 7.11. The Morgan fingerprint density at radius 2 is 1.89 bits per heavy atom. The van der Waals surface area contributed by atoms with E-state index in [-0.39, 0.29) is 5.41 Å². The molecule has 2 atom stereocenters. The molecule has 106 valence electrons. The van der Waals surface area contributed by atoms with Crippen molar-refractivity contribution in [2.75, 3.05) is 13.1 Å². The van der Waals surface area contributed by atoms with Gasteiger partial charge < -0.3 is 5.32 Å². The molecule has 3 heteroatoms. The Kier molecular flexibility index (Phi) is 4.24. The molecular formula is C16H23F2N. The molecule has 1 aromatic carbocycles. The van der Waals surface area contributed by atoms with Crippen molar-refractivity contribution >= 4 is 0 Å². The van der Waals surface area contributed by atoms with Crippen LogP contribution >= 0.6 is 0 Å². The Hall–Kier alpha value is -0.960. The highest BCUT2D eigenvalue weighted by Crippen LogP contribution is 2.48. The second-order valence-corrected chi connectivity index (χ2v) is 6.28. The standard InChI is InChI=1S/C16H23F2N/c1-11(2)9-19-10-16(5-4-12(16)3)13-6-14(17)8-15(18)7-13/h6-8,11-12,19H,4-5,9-10H2,1-3H3. The van der Waals surface area contributed by atoms with Gasteiger partial charge in [-0.15, -0.1) is 0 Å². The zero-order valence-electron chi connectivity index (χ0n) is 12.0. The zero-order chi connectivity index (χ0) is 14.0. The predicted octanol–water partition coefficient (Wildman–Crippen LogP) is 3.88. The number of halogens is 2. The molecule has 0 aromatic heterocycles. The van der Waals surface area contributed by atoms with Crippen LogP contribution in [0.5, 0.6) is 0 Å². The topological polar surface area (TPSA) is 12.0 Å². The van der Waals surface area contributed by atoms with Crippen LogP contribution in [0.2, 0.25) is 0 Å². The fraction of sp³-hybridized carbons (Fsp3) is 0.625. The van der Waals surface area contributed by atoms with Gasteiger partial charge in [-0.25, -0.2) is 8.78 Å². The van der Waals surface area contributed by atoms with Gasteiger partial charge in [-0.3, -0.25) is 0 Å². The van der Waals surface area contributed by atoms with Crippen LogP contribution in [0, 0.1) is 23.5 Å². The SMILES string of the molecule is CC(C)CNCC1(c2cc(F)cc(F)c2)CCC1C. The van der Waals surface area contributed by atoms with Crippen molar-refractivity contribution in [2.24, 2.45) is 11.8 Å². The van der Waals surface area contributed by atoms with Crippen LogP contribution in [0.25, 0.3) is 0 Å². The van der Waals surface area contributed by atoms with Gasteiger partial charge in [-0.05, 0) is 48.9 Å². The molecule has 0 saturated heterocycles. The minimum atomic E-state index is -0.475. The molecule has 1 aliphatic rings. The van der Waals surface area contributed by atoms with Crippen LogP contribution in [0.3, 0.4) is 0 Å². The first kappa shape index (κ1) is 14.4. The van der Waals surface area contributed by atoms with Gasteiger partial charge in [-0.1, -0.05) is 20.8 Å². The van der Waals surface area contributed by atoms with E-state index in [1.807, 2.05) is 0 Å². The van der Waals surface area contributed by atoms with Gasteiger partial charge in [0.1, 0.15) is 11.6 Å². The number of nitrogens with one attached hydrogen (secondary N) is 1. The minimum Gasteiger partial charge on any atom is -0.316 e. The molecule has 1 N–H and O–H groups in total. The van der Waals surface area contributed by atoms with Crippen LogP contribution in [-0.4, -0.2) is 13.1 Å². The van der Waals surface area contributed by atoms with E-state index in [0.717, 1.165) is 37.6 Å². The predicted molar refractivity (Wildman–Crippen MR) is 74.1 cm³/mol. The Bertz CT molecular complexity index is 424. The number of benzene rings is 1. The molecule has 0 heterocycles. The molecule has 1 fully saturated rings. The molecule has 1 aromatic rings. The minimum absolute atomic E-state index is 0.0994. The van der Waals surface area contributed by atoms with Gasteiger partial charge in [0.2, 0.25) is 0 Å². The highest BCUT2D eigenvalue weighted by atomic mass is 19.1. The molecule has 2 rings (SSSR count). The lowest BCUT2D eigenvalue weighted by Crippen LogP contribution is -2.50. The summed E-state index contributed by atoms with van der Waals surface area (Å²) in [5.74, 6) is 0.0970. The molecular weight excluding hydrogens is 244 g/mol. The second-order valence-electron chi connectivity index (χ2n) is 6.28. The van der Waals surface area contributed by atoms with Crippen molar-refractivity contribution in [3.05, 3.63) is 35.4 Å². The van der Waals surface area contributed by atoms with Gasteiger partial charge in [-0.2, -0.15) is 0 Å². The summed E-state index contributed by atoms with van der Waals surface area (Å²) in [6.45, 7) is 8.22. The molecule has 19 heavy (non-hydrogen) atoms. The molecule has 0 amide bonds. The molecule has 0 bridgehead atoms. The summed E-state index contributed by atoms with van der Waals surface area (Å²) in [5, 5.41) is 3.45. The normalized spacial score (nSPS) is 26.5. The molecule has 1 nitrogen and oxygen atoms in total. The van der Waals surface area contributed by atoms with Crippen molar-refractivity contribution < 1.29 is 8.78 Å². The van der Waals surface area contributed by atoms with Crippen LogP contribution in [0.4, 0.5) is 8.78 Å². The molecule has 1 aliphatic carbocycles. The molecule has 2 unspecified atom stereocenters. The van der Waals surface area contributed by atoms with Crippen molar-refractivity contribution in [3.8, 4) is 0 Å². The fourth-order valence-corrected chi connectivity index (χ4v) is 3.00. The smallest absolute Gasteiger partial charge is 0.126 e. The van der Waals surface area contributed by atoms with Gasteiger partial charge >= 0.3 is 0 Å². The van der Waals surface area contributed by atoms with Crippen molar-refractivity contribution in [2.45, 2.75) is 39.0 Å². The maximum absolute atomic E-state index is 13.4. The van der Waals surface area contributed by atoms with E-state index in [9.17, 15) is 8.78 Å². The van der Waals surface area contributed by atoms with Crippen LogP contribution < -0.4 is 5.32 Å². The molecule has 1 saturated carbocycles. The lowest BCUT2D eigenvalue weighted by molar-refractivity contribution is 0.132. The zero-order valence-corrected chi connectivity index (χ0v) is 12.0. The Morgan fingerprint density at radius 1 is 1.26 bits per heavy atom. The third kappa shape index (κ3) is 2.97. The van der Waals surface area contributed by atoms with E-state index in [4.69, 9.17) is 0 Å². The Labute approximate surface area is 114 Å². The van der Waals surface area contributed by atoms with Gasteiger partial charge in [0.15, 0.2) is 0 Å². The van der Waals surface area contributed by atoms with E-state index in [2.05, 4.69) is 26.1 Å². The maximum atomic E-state index is 13.4. The number of rotatable bonds is 5. The van der Waals surface area contributed by atoms with E-state index >= 15 is 0 Å². The average molecular weight is 267 g/mol. The molecule has 0 radical (unpaired) electrons. The lowest BCUT2D eigenvalue weighted by atomic mass is 9.57. The summed E-state index contributed by atoms with van der Waals surface area (Å²) in [7, 11) is 0. The van der Waals surface area contributed by atoms with Crippen molar-refractivity contribution in [1.82, 2.24) is 5.32 Å². The summed E-state index contributed by atoms with van der Waals surface area (Å²) >= 11 is 0. The van der Waals surface area contributed by atoms with E-state index in [1.54, 1.807) is 0 Å². The highest BCUT2D eigenvalue weighted by Gasteiger charge is 2.45. The Balaban J connectivity index is 2.19. The van der Waals surface area contributed by atoms with Crippen LogP contribution in [0.15, 0.2) is 18.2 Å². The number of hydrogen-bond acceptors (Lipinski definition) is 1. The second kappa shape index (κ2) is 5.58. The Morgan fingerprint density at radius 3 is 2.32 bits per heavy atom. The summed E-state index contributed by atoms with van der Waals surface area (Å²) in [6.07, 6.45) is 2.13. The first-order chi connectivity index (χ1) is 8.94. The monoisotopic (exact) mass is 267 g/mol. The fourth-order valence-electron chi connectivity index (χ4n) is 3.00. The quantitative estimate of drug-likeness (QED) is 0.853. The van der Waals surface area contributed by atoms with Crippen molar-refractivity contribution in [3.63, 3.8) is 0 Å². The van der Waals surface area contributed by atoms with Crippen molar-refractivity contribution in [1.29, 1.82) is 0 Å². The number of hydrogen-bond donors (Lipinski definition) is 1. The van der Waals surface area contributed by atoms with E-state index in [1.165, 1.54) is 12.1 Å². The maximum Gasteiger partial charge on any atom is 0.126 e. The highest BCUT2D eigenvalue weighted by molar-refractivity contribution is 5.31.